The number of anilines is 3. The average molecular weight is 617 g/mol. The number of hydrogen-bond acceptors (Lipinski definition) is 10. The zero-order valence-corrected chi connectivity index (χ0v) is 25.7. The summed E-state index contributed by atoms with van der Waals surface area (Å²) < 4.78 is 22.5. The second-order valence-electron chi connectivity index (χ2n) is 12.2. The number of carbonyl (C=O) groups is 1. The molecule has 0 unspecified atom stereocenters. The molecule has 1 spiro atoms. The van der Waals surface area contributed by atoms with Gasteiger partial charge in [-0.15, -0.1) is 0 Å². The fraction of sp³-hybridized carbons (Fsp3) is 0.452. The van der Waals surface area contributed by atoms with Crippen LogP contribution >= 0.6 is 11.3 Å². The van der Waals surface area contributed by atoms with E-state index in [0.717, 1.165) is 11.1 Å². The molecule has 1 amide bonds. The lowest BCUT2D eigenvalue weighted by molar-refractivity contribution is -0.174. The number of rotatable bonds is 6. The topological polar surface area (TPSA) is 124 Å². The molecule has 1 aromatic carbocycles. The maximum atomic E-state index is 15.4. The minimum absolute atomic E-state index is 0.118. The Balaban J connectivity index is 1.14. The minimum Gasteiger partial charge on any atom is -0.381 e. The van der Waals surface area contributed by atoms with Crippen molar-refractivity contribution >= 4 is 44.9 Å². The third-order valence-electron chi connectivity index (χ3n) is 9.04. The monoisotopic (exact) mass is 616 g/mol. The molecule has 0 bridgehead atoms. The molecule has 0 saturated carbocycles. The van der Waals surface area contributed by atoms with Crippen LogP contribution in [0.25, 0.3) is 22.3 Å². The summed E-state index contributed by atoms with van der Waals surface area (Å²) >= 11 is 1.30. The highest BCUT2D eigenvalue weighted by molar-refractivity contribution is 7.16. The number of aromatic nitrogens is 4. The van der Waals surface area contributed by atoms with E-state index in [1.54, 1.807) is 15.6 Å². The van der Waals surface area contributed by atoms with Crippen LogP contribution in [-0.4, -0.2) is 87.7 Å². The molecule has 11 nitrogen and oxygen atoms in total. The molecule has 0 radical (unpaired) electrons. The number of nitrogens with zero attached hydrogens (tertiary/aromatic N) is 8. The van der Waals surface area contributed by atoms with E-state index in [0.29, 0.717) is 97.0 Å². The van der Waals surface area contributed by atoms with E-state index in [9.17, 15) is 15.2 Å². The molecular weight excluding hydrogens is 583 g/mol. The lowest BCUT2D eigenvalue weighted by atomic mass is 9.71. The van der Waals surface area contributed by atoms with Crippen LogP contribution in [0.1, 0.15) is 30.2 Å². The highest BCUT2D eigenvalue weighted by Crippen LogP contribution is 2.45. The molecule has 228 valence electrons. The number of aliphatic hydroxyl groups is 1. The molecule has 3 aromatic heterocycles. The molecule has 13 heteroatoms. The van der Waals surface area contributed by atoms with Gasteiger partial charge in [0.2, 0.25) is 5.95 Å². The second-order valence-corrected chi connectivity index (χ2v) is 13.2. The number of amides is 1. The molecular formula is C31H33FN8O3S. The number of aryl methyl sites for hydroxylation is 2. The van der Waals surface area contributed by atoms with Crippen LogP contribution < -0.4 is 9.80 Å². The summed E-state index contributed by atoms with van der Waals surface area (Å²) in [6, 6.07) is 12.0. The largest absolute Gasteiger partial charge is 0.381 e. The summed E-state index contributed by atoms with van der Waals surface area (Å²) in [5.74, 6) is -0.106. The summed E-state index contributed by atoms with van der Waals surface area (Å²) in [5, 5.41) is 26.6. The second kappa shape index (κ2) is 10.5. The van der Waals surface area contributed by atoms with Crippen molar-refractivity contribution in [2.45, 2.75) is 38.8 Å². The Bertz CT molecular complexity index is 1790. The fourth-order valence-electron chi connectivity index (χ4n) is 6.59. The number of nitriles is 1. The third-order valence-corrected chi connectivity index (χ3v) is 10.1. The van der Waals surface area contributed by atoms with Crippen molar-refractivity contribution < 1.29 is 19.0 Å². The van der Waals surface area contributed by atoms with Gasteiger partial charge in [0, 0.05) is 76.8 Å². The van der Waals surface area contributed by atoms with Gasteiger partial charge in [-0.25, -0.2) is 9.67 Å². The Morgan fingerprint density at radius 2 is 1.89 bits per heavy atom. The highest BCUT2D eigenvalue weighted by atomic mass is 32.1. The van der Waals surface area contributed by atoms with Crippen molar-refractivity contribution in [3.63, 3.8) is 0 Å². The summed E-state index contributed by atoms with van der Waals surface area (Å²) in [6.07, 6.45) is 0.624. The van der Waals surface area contributed by atoms with E-state index in [-0.39, 0.29) is 11.3 Å². The smallest absolute Gasteiger partial charge is 0.254 e. The number of thiazole rings is 1. The minimum atomic E-state index is -1.35. The maximum absolute atomic E-state index is 15.4. The third kappa shape index (κ3) is 4.60. The van der Waals surface area contributed by atoms with E-state index in [2.05, 4.69) is 16.2 Å². The Hall–Kier alpha value is -4.12. The Kier molecular flexibility index (Phi) is 6.84. The lowest BCUT2D eigenvalue weighted by Crippen LogP contribution is -2.75. The Morgan fingerprint density at radius 3 is 2.55 bits per heavy atom. The number of halogens is 1. The van der Waals surface area contributed by atoms with Gasteiger partial charge in [-0.1, -0.05) is 41.2 Å². The summed E-state index contributed by atoms with van der Waals surface area (Å²) in [6.45, 7) is 7.53. The van der Waals surface area contributed by atoms with E-state index < -0.39 is 11.5 Å². The van der Waals surface area contributed by atoms with Crippen LogP contribution in [0.2, 0.25) is 0 Å². The highest BCUT2D eigenvalue weighted by Gasteiger charge is 2.56. The molecule has 3 saturated heterocycles. The molecule has 7 rings (SSSR count). The normalized spacial score (nSPS) is 18.6. The van der Waals surface area contributed by atoms with Gasteiger partial charge >= 0.3 is 0 Å². The van der Waals surface area contributed by atoms with E-state index >= 15 is 4.39 Å². The molecule has 1 N–H and O–H groups in total. The SMILES string of the molecule is CCn1nc2nc(F)c(N3CC4(CN(C(=O)C5(O)CCOCC5)C4)C3)cc2c1N(C)c1nc(-c2ccc(C)cc2)c(C#N)s1. The van der Waals surface area contributed by atoms with Crippen molar-refractivity contribution in [1.29, 1.82) is 5.26 Å². The first kappa shape index (κ1) is 28.6. The summed E-state index contributed by atoms with van der Waals surface area (Å²) in [7, 11) is 1.87. The van der Waals surface area contributed by atoms with Crippen molar-refractivity contribution in [3.05, 3.63) is 46.7 Å². The number of pyridine rings is 1. The van der Waals surface area contributed by atoms with Crippen LogP contribution in [0.3, 0.4) is 0 Å². The zero-order chi connectivity index (χ0) is 30.8. The van der Waals surface area contributed by atoms with Gasteiger partial charge in [0.1, 0.15) is 28.1 Å². The fourth-order valence-corrected chi connectivity index (χ4v) is 7.44. The summed E-state index contributed by atoms with van der Waals surface area (Å²) in [5.41, 5.74) is 1.83. The molecule has 4 aromatic rings. The van der Waals surface area contributed by atoms with Gasteiger partial charge in [0.25, 0.3) is 5.91 Å². The summed E-state index contributed by atoms with van der Waals surface area (Å²) in [4.78, 5) is 28.1. The number of hydrogen-bond donors (Lipinski definition) is 1. The van der Waals surface area contributed by atoms with Gasteiger partial charge in [0.05, 0.1) is 11.1 Å². The number of likely N-dealkylation sites (tertiary alicyclic amines) is 1. The molecule has 3 fully saturated rings. The lowest BCUT2D eigenvalue weighted by Gasteiger charge is -2.61. The Labute approximate surface area is 258 Å². The molecule has 6 heterocycles. The van der Waals surface area contributed by atoms with E-state index in [1.165, 1.54) is 11.3 Å². The zero-order valence-electron chi connectivity index (χ0n) is 24.9. The standard InChI is InChI=1S/C31H33FN8O3S/c1-4-40-27(37(3)29-34-24(23(14-33)44-29)20-7-5-19(2)6-8-20)21-13-22(25(32)35-26(21)36-40)38-15-30(16-38)17-39(18-30)28(41)31(42)9-11-43-12-10-31/h5-8,13,42H,4,9-12,15-18H2,1-3H3. The molecule has 0 aliphatic carbocycles. The van der Waals surface area contributed by atoms with Crippen LogP contribution in [-0.2, 0) is 16.1 Å². The van der Waals surface area contributed by atoms with Crippen molar-refractivity contribution in [2.75, 3.05) is 56.2 Å². The van der Waals surface area contributed by atoms with Crippen LogP contribution in [0.15, 0.2) is 30.3 Å². The number of carbonyl (C=O) groups excluding carboxylic acids is 1. The van der Waals surface area contributed by atoms with Crippen LogP contribution in [0, 0.1) is 29.6 Å². The first-order valence-corrected chi connectivity index (χ1v) is 15.6. The maximum Gasteiger partial charge on any atom is 0.254 e. The number of ether oxygens (including phenoxy) is 1. The van der Waals surface area contributed by atoms with Gasteiger partial charge in [0.15, 0.2) is 10.8 Å². The quantitative estimate of drug-likeness (QED) is 0.322. The van der Waals surface area contributed by atoms with Gasteiger partial charge in [-0.3, -0.25) is 4.79 Å². The number of fused-ring (bicyclic) bond motifs is 1. The average Bonchev–Trinajstić information content (AvgIpc) is 3.57. The molecule has 3 aliphatic heterocycles. The first-order chi connectivity index (χ1) is 21.1. The Morgan fingerprint density at radius 1 is 1.18 bits per heavy atom. The van der Waals surface area contributed by atoms with E-state index in [1.807, 2.05) is 55.0 Å². The molecule has 0 atom stereocenters. The number of benzene rings is 1. The van der Waals surface area contributed by atoms with Gasteiger partial charge in [-0.2, -0.15) is 19.7 Å². The van der Waals surface area contributed by atoms with Gasteiger partial charge < -0.3 is 24.5 Å². The van der Waals surface area contributed by atoms with Crippen LogP contribution in [0.4, 0.5) is 21.0 Å². The molecule has 44 heavy (non-hydrogen) atoms. The van der Waals surface area contributed by atoms with E-state index in [4.69, 9.17) is 9.72 Å². The molecule has 3 aliphatic rings. The first-order valence-electron chi connectivity index (χ1n) is 14.8. The van der Waals surface area contributed by atoms with Crippen molar-refractivity contribution in [2.24, 2.45) is 5.41 Å². The van der Waals surface area contributed by atoms with Crippen LogP contribution in [0.5, 0.6) is 0 Å². The van der Waals surface area contributed by atoms with Crippen molar-refractivity contribution in [3.8, 4) is 17.3 Å². The van der Waals surface area contributed by atoms with Gasteiger partial charge in [-0.05, 0) is 19.9 Å². The predicted molar refractivity (Wildman–Crippen MR) is 164 cm³/mol. The predicted octanol–water partition coefficient (Wildman–Crippen LogP) is 3.85. The van der Waals surface area contributed by atoms with Crippen molar-refractivity contribution in [1.82, 2.24) is 24.6 Å².